The fourth-order valence-electron chi connectivity index (χ4n) is 4.26. The number of amides is 1. The molecule has 3 heterocycles. The van der Waals surface area contributed by atoms with E-state index in [9.17, 15) is 9.18 Å². The van der Waals surface area contributed by atoms with Crippen molar-refractivity contribution >= 4 is 17.6 Å². The van der Waals surface area contributed by atoms with Crippen LogP contribution in [0.2, 0.25) is 0 Å². The second kappa shape index (κ2) is 8.22. The Labute approximate surface area is 196 Å². The van der Waals surface area contributed by atoms with Crippen molar-refractivity contribution in [1.29, 1.82) is 0 Å². The second-order valence-electron chi connectivity index (χ2n) is 8.58. The minimum absolute atomic E-state index is 0.250. The summed E-state index contributed by atoms with van der Waals surface area (Å²) in [6, 6.07) is 18.9. The molecule has 0 radical (unpaired) electrons. The molecule has 1 aliphatic heterocycles. The molecule has 2 N–H and O–H groups in total. The Morgan fingerprint density at radius 2 is 1.62 bits per heavy atom. The molecule has 0 bridgehead atoms. The number of anilines is 2. The van der Waals surface area contributed by atoms with Gasteiger partial charge in [-0.2, -0.15) is 0 Å². The van der Waals surface area contributed by atoms with Crippen molar-refractivity contribution in [3.63, 3.8) is 0 Å². The molecule has 1 aliphatic rings. The number of ether oxygens (including phenoxy) is 1. The Bertz CT molecular complexity index is 1340. The average molecular weight is 455 g/mol. The van der Waals surface area contributed by atoms with Gasteiger partial charge in [-0.3, -0.25) is 4.90 Å². The number of benzene rings is 2. The summed E-state index contributed by atoms with van der Waals surface area (Å²) in [5.74, 6) is 0.0109. The van der Waals surface area contributed by atoms with Gasteiger partial charge >= 0.3 is 6.09 Å². The molecular formula is C26H22FN5O2. The number of rotatable bonds is 4. The molecule has 8 heteroatoms. The summed E-state index contributed by atoms with van der Waals surface area (Å²) in [6.07, 6.45) is 3.43. The Balaban J connectivity index is 1.49. The standard InChI is InChI=1S/C26H22FN5O2/c1-26(2)22(17-6-4-3-5-7-17)32(25(33)34-26)20-10-8-16(9-11-20)18-12-21(23(28)29-13-18)24-30-14-19(27)15-31-24/h3-15,22H,1-2H3,(H2,28,29). The topological polar surface area (TPSA) is 94.2 Å². The third-order valence-corrected chi connectivity index (χ3v) is 5.84. The first-order valence-electron chi connectivity index (χ1n) is 10.7. The molecule has 2 aromatic carbocycles. The highest BCUT2D eigenvalue weighted by Gasteiger charge is 2.49. The zero-order valence-corrected chi connectivity index (χ0v) is 18.6. The smallest absolute Gasteiger partial charge is 0.415 e. The van der Waals surface area contributed by atoms with Gasteiger partial charge in [0, 0.05) is 17.4 Å². The van der Waals surface area contributed by atoms with Gasteiger partial charge in [-0.05, 0) is 43.2 Å². The summed E-state index contributed by atoms with van der Waals surface area (Å²) in [6.45, 7) is 3.83. The van der Waals surface area contributed by atoms with Gasteiger partial charge in [0.05, 0.1) is 18.0 Å². The van der Waals surface area contributed by atoms with E-state index < -0.39 is 17.5 Å². The number of hydrogen-bond acceptors (Lipinski definition) is 6. The number of nitrogens with two attached hydrogens (primary N) is 1. The fraction of sp³-hybridized carbons (Fsp3) is 0.154. The highest BCUT2D eigenvalue weighted by atomic mass is 19.1. The van der Waals surface area contributed by atoms with Crippen LogP contribution in [0.25, 0.3) is 22.5 Å². The van der Waals surface area contributed by atoms with E-state index in [0.717, 1.165) is 34.8 Å². The molecule has 0 aliphatic carbocycles. The zero-order chi connectivity index (χ0) is 23.9. The van der Waals surface area contributed by atoms with Gasteiger partial charge in [-0.1, -0.05) is 42.5 Å². The molecule has 1 saturated heterocycles. The molecule has 0 saturated carbocycles. The predicted molar refractivity (Wildman–Crippen MR) is 127 cm³/mol. The largest absolute Gasteiger partial charge is 0.441 e. The van der Waals surface area contributed by atoms with Crippen LogP contribution in [-0.2, 0) is 4.74 Å². The second-order valence-corrected chi connectivity index (χ2v) is 8.58. The molecular weight excluding hydrogens is 433 g/mol. The number of aromatic nitrogens is 3. The van der Waals surface area contributed by atoms with Gasteiger partial charge in [-0.15, -0.1) is 0 Å². The van der Waals surface area contributed by atoms with Crippen molar-refractivity contribution in [3.8, 4) is 22.5 Å². The summed E-state index contributed by atoms with van der Waals surface area (Å²) in [7, 11) is 0. The summed E-state index contributed by atoms with van der Waals surface area (Å²) in [5, 5.41) is 0. The van der Waals surface area contributed by atoms with Crippen LogP contribution in [0.5, 0.6) is 0 Å². The lowest BCUT2D eigenvalue weighted by Gasteiger charge is -2.29. The van der Waals surface area contributed by atoms with E-state index >= 15 is 0 Å². The number of carbonyl (C=O) groups excluding carboxylic acids is 1. The van der Waals surface area contributed by atoms with Crippen molar-refractivity contribution < 1.29 is 13.9 Å². The number of nitrogens with zero attached hydrogens (tertiary/aromatic N) is 4. The number of nitrogen functional groups attached to an aromatic ring is 1. The van der Waals surface area contributed by atoms with Gasteiger partial charge in [-0.25, -0.2) is 24.1 Å². The molecule has 4 aromatic rings. The van der Waals surface area contributed by atoms with E-state index in [4.69, 9.17) is 10.5 Å². The van der Waals surface area contributed by atoms with E-state index in [0.29, 0.717) is 5.56 Å². The quantitative estimate of drug-likeness (QED) is 0.443. The first-order chi connectivity index (χ1) is 16.3. The van der Waals surface area contributed by atoms with Crippen LogP contribution in [-0.4, -0.2) is 26.6 Å². The Kier molecular flexibility index (Phi) is 5.20. The maximum atomic E-state index is 13.2. The number of hydrogen-bond donors (Lipinski definition) is 1. The van der Waals surface area contributed by atoms with Gasteiger partial charge in [0.15, 0.2) is 11.6 Å². The SMILES string of the molecule is CC1(C)OC(=O)N(c2ccc(-c3cnc(N)c(-c4ncc(F)cn4)c3)cc2)C1c1ccccc1. The lowest BCUT2D eigenvalue weighted by Crippen LogP contribution is -2.33. The van der Waals surface area contributed by atoms with Gasteiger partial charge in [0.25, 0.3) is 0 Å². The minimum Gasteiger partial charge on any atom is -0.441 e. The fourth-order valence-corrected chi connectivity index (χ4v) is 4.26. The van der Waals surface area contributed by atoms with E-state index in [1.165, 1.54) is 0 Å². The number of halogens is 1. The highest BCUT2D eigenvalue weighted by Crippen LogP contribution is 2.44. The van der Waals surface area contributed by atoms with Gasteiger partial charge in [0.2, 0.25) is 0 Å². The predicted octanol–water partition coefficient (Wildman–Crippen LogP) is 5.40. The van der Waals surface area contributed by atoms with Gasteiger partial charge in [0.1, 0.15) is 17.5 Å². The van der Waals surface area contributed by atoms with Crippen LogP contribution >= 0.6 is 0 Å². The third-order valence-electron chi connectivity index (χ3n) is 5.84. The van der Waals surface area contributed by atoms with Crippen LogP contribution in [0.15, 0.2) is 79.3 Å². The molecule has 5 rings (SSSR count). The summed E-state index contributed by atoms with van der Waals surface area (Å²) < 4.78 is 18.9. The molecule has 34 heavy (non-hydrogen) atoms. The van der Waals surface area contributed by atoms with E-state index in [1.54, 1.807) is 11.1 Å². The zero-order valence-electron chi connectivity index (χ0n) is 18.6. The Morgan fingerprint density at radius 1 is 0.941 bits per heavy atom. The van der Waals surface area contributed by atoms with E-state index in [2.05, 4.69) is 15.0 Å². The van der Waals surface area contributed by atoms with E-state index in [-0.39, 0.29) is 17.7 Å². The summed E-state index contributed by atoms with van der Waals surface area (Å²) in [4.78, 5) is 26.8. The Morgan fingerprint density at radius 3 is 2.29 bits per heavy atom. The number of pyridine rings is 1. The molecule has 0 spiro atoms. The third kappa shape index (κ3) is 3.83. The molecule has 2 aromatic heterocycles. The van der Waals surface area contributed by atoms with Crippen LogP contribution in [0.1, 0.15) is 25.5 Å². The van der Waals surface area contributed by atoms with Gasteiger partial charge < -0.3 is 10.5 Å². The molecule has 170 valence electrons. The maximum absolute atomic E-state index is 13.2. The highest BCUT2D eigenvalue weighted by molar-refractivity contribution is 5.92. The van der Waals surface area contributed by atoms with E-state index in [1.807, 2.05) is 74.5 Å². The average Bonchev–Trinajstić information content (AvgIpc) is 3.08. The normalized spacial score (nSPS) is 17.0. The van der Waals surface area contributed by atoms with Crippen LogP contribution < -0.4 is 10.6 Å². The summed E-state index contributed by atoms with van der Waals surface area (Å²) >= 11 is 0. The lowest BCUT2D eigenvalue weighted by molar-refractivity contribution is 0.0685. The molecule has 1 amide bonds. The molecule has 1 fully saturated rings. The molecule has 1 atom stereocenters. The van der Waals surface area contributed by atoms with Crippen LogP contribution in [0.3, 0.4) is 0 Å². The molecule has 7 nitrogen and oxygen atoms in total. The molecule has 1 unspecified atom stereocenters. The van der Waals surface area contributed by atoms with Crippen molar-refractivity contribution in [2.75, 3.05) is 10.6 Å². The number of carbonyl (C=O) groups is 1. The first-order valence-corrected chi connectivity index (χ1v) is 10.7. The maximum Gasteiger partial charge on any atom is 0.415 e. The number of cyclic esters (lactones) is 1. The van der Waals surface area contributed by atoms with Crippen molar-refractivity contribution in [2.45, 2.75) is 25.5 Å². The van der Waals surface area contributed by atoms with Crippen LogP contribution in [0, 0.1) is 5.82 Å². The monoisotopic (exact) mass is 455 g/mol. The lowest BCUT2D eigenvalue weighted by atomic mass is 9.91. The Hall–Kier alpha value is -4.33. The van der Waals surface area contributed by atoms with Crippen LogP contribution in [0.4, 0.5) is 20.7 Å². The van der Waals surface area contributed by atoms with Crippen molar-refractivity contribution in [2.24, 2.45) is 0 Å². The minimum atomic E-state index is -0.692. The van der Waals surface area contributed by atoms with Crippen molar-refractivity contribution in [1.82, 2.24) is 15.0 Å². The summed E-state index contributed by atoms with van der Waals surface area (Å²) in [5.41, 5.74) is 9.19. The first kappa shape index (κ1) is 21.5. The van der Waals surface area contributed by atoms with Crippen molar-refractivity contribution in [3.05, 3.63) is 90.6 Å².